The van der Waals surface area contributed by atoms with Crippen LogP contribution in [0.4, 0.5) is 4.79 Å². The number of carbonyl (C=O) groups is 2. The van der Waals surface area contributed by atoms with Gasteiger partial charge in [0.25, 0.3) is 0 Å². The highest BCUT2D eigenvalue weighted by molar-refractivity contribution is 5.89. The highest BCUT2D eigenvalue weighted by atomic mass is 16.6. The van der Waals surface area contributed by atoms with Crippen molar-refractivity contribution in [2.24, 2.45) is 0 Å². The molecule has 31 heavy (non-hydrogen) atoms. The maximum absolute atomic E-state index is 12.2. The average Bonchev–Trinajstić information content (AvgIpc) is 2.73. The molecule has 6 nitrogen and oxygen atoms in total. The van der Waals surface area contributed by atoms with E-state index in [1.807, 2.05) is 45.0 Å². The number of methoxy groups -OCH3 is 1. The van der Waals surface area contributed by atoms with Gasteiger partial charge in [-0.15, -0.1) is 0 Å². The van der Waals surface area contributed by atoms with Crippen LogP contribution in [0.25, 0.3) is 6.08 Å². The number of likely N-dealkylation sites (tertiary alicyclic amines) is 1. The summed E-state index contributed by atoms with van der Waals surface area (Å²) in [5.41, 5.74) is 2.34. The minimum absolute atomic E-state index is 0.250. The Morgan fingerprint density at radius 3 is 2.26 bits per heavy atom. The van der Waals surface area contributed by atoms with E-state index in [0.717, 1.165) is 18.4 Å². The van der Waals surface area contributed by atoms with Gasteiger partial charge in [-0.2, -0.15) is 0 Å². The molecule has 0 bridgehead atoms. The summed E-state index contributed by atoms with van der Waals surface area (Å²) >= 11 is 0. The maximum atomic E-state index is 12.2. The Bertz CT molecular complexity index is 947. The summed E-state index contributed by atoms with van der Waals surface area (Å²) in [6, 6.07) is 14.7. The molecule has 0 N–H and O–H groups in total. The summed E-state index contributed by atoms with van der Waals surface area (Å²) < 4.78 is 16.1. The zero-order valence-electron chi connectivity index (χ0n) is 18.5. The maximum Gasteiger partial charge on any atom is 0.410 e. The van der Waals surface area contributed by atoms with Crippen LogP contribution in [0.1, 0.15) is 49.5 Å². The molecule has 1 fully saturated rings. The first-order valence-electron chi connectivity index (χ1n) is 10.4. The van der Waals surface area contributed by atoms with Gasteiger partial charge in [-0.1, -0.05) is 23.8 Å². The van der Waals surface area contributed by atoms with Gasteiger partial charge in [0.15, 0.2) is 0 Å². The van der Waals surface area contributed by atoms with Crippen molar-refractivity contribution < 1.29 is 23.8 Å². The van der Waals surface area contributed by atoms with Crippen LogP contribution >= 0.6 is 0 Å². The lowest BCUT2D eigenvalue weighted by Gasteiger charge is -2.31. The molecule has 0 spiro atoms. The largest absolute Gasteiger partial charge is 0.465 e. The molecular formula is C25H29NO5. The number of piperidine rings is 1. The fourth-order valence-corrected chi connectivity index (χ4v) is 3.26. The summed E-state index contributed by atoms with van der Waals surface area (Å²) in [6.45, 7) is 6.95. The summed E-state index contributed by atoms with van der Waals surface area (Å²) in [7, 11) is 1.36. The smallest absolute Gasteiger partial charge is 0.410 e. The Morgan fingerprint density at radius 2 is 1.65 bits per heavy atom. The van der Waals surface area contributed by atoms with Crippen molar-refractivity contribution in [1.29, 1.82) is 0 Å². The lowest BCUT2D eigenvalue weighted by Crippen LogP contribution is -2.40. The molecule has 2 aromatic rings. The van der Waals surface area contributed by atoms with Crippen molar-refractivity contribution >= 4 is 18.1 Å². The van der Waals surface area contributed by atoms with Crippen LogP contribution < -0.4 is 4.74 Å². The molecule has 1 aliphatic heterocycles. The Morgan fingerprint density at radius 1 is 0.968 bits per heavy atom. The third-order valence-electron chi connectivity index (χ3n) is 4.80. The van der Waals surface area contributed by atoms with E-state index in [0.29, 0.717) is 30.2 Å². The number of nitrogens with zero attached hydrogens (tertiary/aromatic N) is 1. The Kier molecular flexibility index (Phi) is 7.00. The van der Waals surface area contributed by atoms with E-state index >= 15 is 0 Å². The van der Waals surface area contributed by atoms with Gasteiger partial charge >= 0.3 is 12.1 Å². The van der Waals surface area contributed by atoms with Crippen LogP contribution in [-0.2, 0) is 9.47 Å². The molecule has 0 unspecified atom stereocenters. The van der Waals surface area contributed by atoms with Gasteiger partial charge in [0.05, 0.1) is 12.7 Å². The predicted molar refractivity (Wildman–Crippen MR) is 119 cm³/mol. The van der Waals surface area contributed by atoms with E-state index < -0.39 is 5.60 Å². The number of hydrogen-bond donors (Lipinski definition) is 0. The lowest BCUT2D eigenvalue weighted by molar-refractivity contribution is 0.0236. The van der Waals surface area contributed by atoms with Crippen molar-refractivity contribution in [3.8, 4) is 11.5 Å². The monoisotopic (exact) mass is 423 g/mol. The molecule has 1 aliphatic rings. The number of hydrogen-bond acceptors (Lipinski definition) is 5. The quantitative estimate of drug-likeness (QED) is 0.592. The fourth-order valence-electron chi connectivity index (χ4n) is 3.26. The number of rotatable bonds is 4. The average molecular weight is 424 g/mol. The number of benzene rings is 2. The highest BCUT2D eigenvalue weighted by Gasteiger charge is 2.24. The van der Waals surface area contributed by atoms with Gasteiger partial charge in [0, 0.05) is 13.1 Å². The van der Waals surface area contributed by atoms with Gasteiger partial charge in [0.1, 0.15) is 17.1 Å². The highest BCUT2D eigenvalue weighted by Crippen LogP contribution is 2.26. The van der Waals surface area contributed by atoms with Gasteiger partial charge in [-0.05, 0) is 75.6 Å². The number of esters is 1. The number of amides is 1. The molecule has 0 atom stereocenters. The van der Waals surface area contributed by atoms with Crippen LogP contribution in [0.3, 0.4) is 0 Å². The zero-order valence-corrected chi connectivity index (χ0v) is 18.5. The van der Waals surface area contributed by atoms with Crippen molar-refractivity contribution in [2.75, 3.05) is 20.2 Å². The van der Waals surface area contributed by atoms with Crippen molar-refractivity contribution in [1.82, 2.24) is 4.90 Å². The minimum atomic E-state index is -0.479. The van der Waals surface area contributed by atoms with Gasteiger partial charge in [0.2, 0.25) is 0 Å². The summed E-state index contributed by atoms with van der Waals surface area (Å²) in [5, 5.41) is 0. The predicted octanol–water partition coefficient (Wildman–Crippen LogP) is 5.68. The van der Waals surface area contributed by atoms with E-state index in [1.54, 1.807) is 29.2 Å². The Hall–Kier alpha value is -3.28. The van der Waals surface area contributed by atoms with E-state index in [4.69, 9.17) is 14.2 Å². The van der Waals surface area contributed by atoms with Gasteiger partial charge in [-0.3, -0.25) is 0 Å². The van der Waals surface area contributed by atoms with Crippen molar-refractivity contribution in [3.05, 3.63) is 65.2 Å². The fraction of sp³-hybridized carbons (Fsp3) is 0.360. The molecule has 164 valence electrons. The molecule has 0 radical (unpaired) electrons. The molecular weight excluding hydrogens is 394 g/mol. The molecule has 0 aliphatic carbocycles. The molecule has 3 rings (SSSR count). The standard InChI is InChI=1S/C25H29NO5/c1-25(2,3)31-24(28)26-14-12-18(13-15-26)16-19-6-5-7-22(17-19)30-21-10-8-20(9-11-21)23(27)29-4/h5-11,16-17H,12-15H2,1-4H3. The first-order chi connectivity index (χ1) is 14.7. The van der Waals surface area contributed by atoms with Crippen LogP contribution in [0.5, 0.6) is 11.5 Å². The molecule has 1 heterocycles. The lowest BCUT2D eigenvalue weighted by atomic mass is 10.0. The topological polar surface area (TPSA) is 65.1 Å². The SMILES string of the molecule is COC(=O)c1ccc(Oc2cccc(C=C3CCN(C(=O)OC(C)(C)C)CC3)c2)cc1. The second kappa shape index (κ2) is 9.69. The first-order valence-corrected chi connectivity index (χ1v) is 10.4. The molecule has 0 aromatic heterocycles. The summed E-state index contributed by atoms with van der Waals surface area (Å²) in [6.07, 6.45) is 3.54. The molecule has 0 saturated carbocycles. The number of carbonyl (C=O) groups excluding carboxylic acids is 2. The third kappa shape index (κ3) is 6.60. The van der Waals surface area contributed by atoms with Gasteiger partial charge in [-0.25, -0.2) is 9.59 Å². The Balaban J connectivity index is 1.60. The van der Waals surface area contributed by atoms with E-state index in [9.17, 15) is 9.59 Å². The molecule has 6 heteroatoms. The van der Waals surface area contributed by atoms with Crippen LogP contribution in [0.15, 0.2) is 54.1 Å². The second-order valence-electron chi connectivity index (χ2n) is 8.46. The van der Waals surface area contributed by atoms with Crippen LogP contribution in [0.2, 0.25) is 0 Å². The van der Waals surface area contributed by atoms with Crippen LogP contribution in [0, 0.1) is 0 Å². The molecule has 1 amide bonds. The number of ether oxygens (including phenoxy) is 3. The van der Waals surface area contributed by atoms with Crippen molar-refractivity contribution in [3.63, 3.8) is 0 Å². The summed E-state index contributed by atoms with van der Waals surface area (Å²) in [4.78, 5) is 25.5. The Labute approximate surface area is 183 Å². The molecule has 2 aromatic carbocycles. The normalized spacial score (nSPS) is 14.1. The third-order valence-corrected chi connectivity index (χ3v) is 4.80. The van der Waals surface area contributed by atoms with E-state index in [-0.39, 0.29) is 12.1 Å². The van der Waals surface area contributed by atoms with E-state index in [1.165, 1.54) is 12.7 Å². The second-order valence-corrected chi connectivity index (χ2v) is 8.46. The summed E-state index contributed by atoms with van der Waals surface area (Å²) in [5.74, 6) is 0.979. The zero-order chi connectivity index (χ0) is 22.4. The minimum Gasteiger partial charge on any atom is -0.465 e. The van der Waals surface area contributed by atoms with Gasteiger partial charge < -0.3 is 19.1 Å². The van der Waals surface area contributed by atoms with Crippen LogP contribution in [-0.4, -0.2) is 42.8 Å². The van der Waals surface area contributed by atoms with Crippen molar-refractivity contribution in [2.45, 2.75) is 39.2 Å². The van der Waals surface area contributed by atoms with E-state index in [2.05, 4.69) is 6.08 Å². The molecule has 1 saturated heterocycles. The first kappa shape index (κ1) is 22.4.